The Hall–Kier alpha value is -2.13. The number of rotatable bonds is 0. The van der Waals surface area contributed by atoms with Crippen LogP contribution in [0.1, 0.15) is 5.56 Å². The average molecular weight is 317 g/mol. The maximum atomic E-state index is 11.8. The van der Waals surface area contributed by atoms with Gasteiger partial charge in [-0.2, -0.15) is 0 Å². The molecule has 0 amide bonds. The Morgan fingerprint density at radius 2 is 2.05 bits per heavy atom. The van der Waals surface area contributed by atoms with Crippen molar-refractivity contribution in [2.75, 3.05) is 11.5 Å². The molecule has 1 aliphatic rings. The number of nitrogens with zero attached hydrogens (tertiary/aromatic N) is 2. The summed E-state index contributed by atoms with van der Waals surface area (Å²) in [7, 11) is -4.37. The van der Waals surface area contributed by atoms with Gasteiger partial charge in [0.1, 0.15) is 11.5 Å². The summed E-state index contributed by atoms with van der Waals surface area (Å²) in [6, 6.07) is 4.57. The van der Waals surface area contributed by atoms with Crippen LogP contribution < -0.4 is 19.8 Å². The third-order valence-electron chi connectivity index (χ3n) is 2.72. The molecule has 0 saturated carbocycles. The van der Waals surface area contributed by atoms with Crippen LogP contribution in [-0.2, 0) is 16.9 Å². The highest BCUT2D eigenvalue weighted by Gasteiger charge is 2.26. The number of aromatic nitrogens is 2. The van der Waals surface area contributed by atoms with E-state index in [0.717, 1.165) is 0 Å². The van der Waals surface area contributed by atoms with Gasteiger partial charge in [0, 0.05) is 16.7 Å². The van der Waals surface area contributed by atoms with Crippen LogP contribution in [0.15, 0.2) is 18.2 Å². The van der Waals surface area contributed by atoms with Crippen molar-refractivity contribution in [3.8, 4) is 11.6 Å². The van der Waals surface area contributed by atoms with Gasteiger partial charge in [0.05, 0.1) is 6.54 Å². The molecule has 3 rings (SSSR count). The normalized spacial score (nSPS) is 16.1. The smallest absolute Gasteiger partial charge is 0.391 e. The second-order valence-corrected chi connectivity index (χ2v) is 5.67. The van der Waals surface area contributed by atoms with Crippen molar-refractivity contribution in [2.45, 2.75) is 6.54 Å². The van der Waals surface area contributed by atoms with Gasteiger partial charge in [-0.05, 0) is 6.07 Å². The minimum atomic E-state index is -4.37. The lowest BCUT2D eigenvalue weighted by Crippen LogP contribution is -2.18. The van der Waals surface area contributed by atoms with Crippen LogP contribution in [0.4, 0.5) is 11.5 Å². The molecule has 1 aliphatic heterocycles. The lowest BCUT2D eigenvalue weighted by molar-refractivity contribution is 0.387. The Morgan fingerprint density at radius 1 is 1.30 bits per heavy atom. The molecular formula is C10H9ClN4O4S. The summed E-state index contributed by atoms with van der Waals surface area (Å²) in [5.41, 5.74) is 11.8. The first-order valence-corrected chi connectivity index (χ1v) is 7.11. The minimum absolute atomic E-state index is 0.0484. The van der Waals surface area contributed by atoms with E-state index in [0.29, 0.717) is 10.6 Å². The van der Waals surface area contributed by atoms with Crippen LogP contribution in [0.3, 0.4) is 0 Å². The lowest BCUT2D eigenvalue weighted by atomic mass is 10.2. The van der Waals surface area contributed by atoms with Gasteiger partial charge >= 0.3 is 10.4 Å². The first kappa shape index (κ1) is 12.9. The van der Waals surface area contributed by atoms with Gasteiger partial charge in [0.2, 0.25) is 0 Å². The third kappa shape index (κ3) is 2.10. The van der Waals surface area contributed by atoms with Crippen LogP contribution in [0, 0.1) is 0 Å². The molecule has 4 N–H and O–H groups in total. The minimum Gasteiger partial charge on any atom is -0.391 e. The number of fused-ring (bicyclic) bond motifs is 3. The predicted octanol–water partition coefficient (Wildman–Crippen LogP) is 0.765. The number of hydrogen-bond acceptors (Lipinski definition) is 7. The number of nitrogen functional groups attached to an aromatic ring is 2. The first-order chi connectivity index (χ1) is 9.35. The molecule has 0 saturated heterocycles. The highest BCUT2D eigenvalue weighted by Crippen LogP contribution is 2.33. The van der Waals surface area contributed by atoms with Crippen LogP contribution in [-0.4, -0.2) is 18.2 Å². The maximum absolute atomic E-state index is 11.8. The van der Waals surface area contributed by atoms with E-state index in [9.17, 15) is 8.42 Å². The number of anilines is 2. The quantitative estimate of drug-likeness (QED) is 0.735. The maximum Gasteiger partial charge on any atom is 0.502 e. The van der Waals surface area contributed by atoms with Crippen molar-refractivity contribution in [3.63, 3.8) is 0 Å². The zero-order valence-corrected chi connectivity index (χ0v) is 11.5. The Labute approximate surface area is 119 Å². The summed E-state index contributed by atoms with van der Waals surface area (Å²) < 4.78 is 34.4. The van der Waals surface area contributed by atoms with Crippen molar-refractivity contribution in [1.29, 1.82) is 0 Å². The molecular weight excluding hydrogens is 308 g/mol. The van der Waals surface area contributed by atoms with Crippen LogP contribution in [0.25, 0.3) is 0 Å². The van der Waals surface area contributed by atoms with Gasteiger partial charge in [-0.15, -0.1) is 13.5 Å². The van der Waals surface area contributed by atoms with Crippen molar-refractivity contribution in [2.24, 2.45) is 0 Å². The predicted molar refractivity (Wildman–Crippen MR) is 71.8 cm³/mol. The summed E-state index contributed by atoms with van der Waals surface area (Å²) in [5.74, 6) is -0.161. The highest BCUT2D eigenvalue weighted by molar-refractivity contribution is 7.82. The van der Waals surface area contributed by atoms with Crippen molar-refractivity contribution < 1.29 is 16.8 Å². The largest absolute Gasteiger partial charge is 0.502 e. The van der Waals surface area contributed by atoms with E-state index in [1.807, 2.05) is 0 Å². The Kier molecular flexibility index (Phi) is 2.69. The molecule has 8 nitrogen and oxygen atoms in total. The molecule has 1 aromatic heterocycles. The zero-order valence-electron chi connectivity index (χ0n) is 9.91. The SMILES string of the molecule is Nc1c2nn(c1N)Cc1ccc(Cl)cc1OS(=O)(=O)O2. The van der Waals surface area contributed by atoms with Gasteiger partial charge < -0.3 is 19.8 Å². The fourth-order valence-corrected chi connectivity index (χ4v) is 2.66. The lowest BCUT2D eigenvalue weighted by Gasteiger charge is -2.11. The Bertz CT molecular complexity index is 802. The Morgan fingerprint density at radius 3 is 2.80 bits per heavy atom. The first-order valence-electron chi connectivity index (χ1n) is 5.40. The van der Waals surface area contributed by atoms with Crippen molar-refractivity contribution >= 4 is 33.5 Å². The van der Waals surface area contributed by atoms with Gasteiger partial charge in [-0.25, -0.2) is 4.68 Å². The molecule has 1 aromatic carbocycles. The standard InChI is InChI=1S/C10H9ClN4O4S/c11-6-2-1-5-4-15-9(13)8(12)10(14-15)19-20(16,17)18-7(5)3-6/h1-3H,4,12-13H2. The molecule has 10 heteroatoms. The fourth-order valence-electron chi connectivity index (χ4n) is 1.77. The number of halogens is 1. The van der Waals surface area contributed by atoms with Crippen LogP contribution in [0.2, 0.25) is 5.02 Å². The summed E-state index contributed by atoms with van der Waals surface area (Å²) in [5, 5.41) is 4.22. The third-order valence-corrected chi connectivity index (χ3v) is 3.70. The topological polar surface area (TPSA) is 122 Å². The van der Waals surface area contributed by atoms with E-state index >= 15 is 0 Å². The molecule has 0 unspecified atom stereocenters. The highest BCUT2D eigenvalue weighted by atomic mass is 35.5. The number of nitrogens with two attached hydrogens (primary N) is 2. The molecule has 0 radical (unpaired) electrons. The summed E-state index contributed by atoms with van der Waals surface area (Å²) >= 11 is 5.82. The van der Waals surface area contributed by atoms with E-state index in [-0.39, 0.29) is 29.7 Å². The molecule has 2 aromatic rings. The molecule has 0 atom stereocenters. The van der Waals surface area contributed by atoms with Gasteiger partial charge in [-0.1, -0.05) is 17.7 Å². The van der Waals surface area contributed by atoms with Gasteiger partial charge in [0.25, 0.3) is 5.88 Å². The monoisotopic (exact) mass is 316 g/mol. The van der Waals surface area contributed by atoms with Gasteiger partial charge in [-0.3, -0.25) is 0 Å². The van der Waals surface area contributed by atoms with Crippen molar-refractivity contribution in [3.05, 3.63) is 28.8 Å². The summed E-state index contributed by atoms with van der Waals surface area (Å²) in [4.78, 5) is 0. The molecule has 0 spiro atoms. The molecule has 106 valence electrons. The van der Waals surface area contributed by atoms with E-state index in [4.69, 9.17) is 27.3 Å². The number of benzene rings is 1. The average Bonchev–Trinajstić information content (AvgIpc) is 2.62. The second kappa shape index (κ2) is 4.18. The second-order valence-electron chi connectivity index (χ2n) is 4.09. The van der Waals surface area contributed by atoms with E-state index in [1.165, 1.54) is 10.7 Å². The summed E-state index contributed by atoms with van der Waals surface area (Å²) in [6.45, 7) is 0.168. The zero-order chi connectivity index (χ0) is 14.5. The fraction of sp³-hybridized carbons (Fsp3) is 0.100. The van der Waals surface area contributed by atoms with E-state index in [1.54, 1.807) is 12.1 Å². The molecule has 20 heavy (non-hydrogen) atoms. The summed E-state index contributed by atoms with van der Waals surface area (Å²) in [6.07, 6.45) is 0. The number of hydrogen-bond donors (Lipinski definition) is 2. The van der Waals surface area contributed by atoms with Crippen LogP contribution in [0.5, 0.6) is 11.6 Å². The molecule has 0 fully saturated rings. The molecule has 0 aliphatic carbocycles. The van der Waals surface area contributed by atoms with Crippen molar-refractivity contribution in [1.82, 2.24) is 9.78 Å². The van der Waals surface area contributed by atoms with E-state index < -0.39 is 10.4 Å². The van der Waals surface area contributed by atoms with E-state index in [2.05, 4.69) is 9.28 Å². The van der Waals surface area contributed by atoms with Gasteiger partial charge in [0.15, 0.2) is 5.75 Å². The Balaban J connectivity index is 2.23. The van der Waals surface area contributed by atoms with Crippen LogP contribution >= 0.6 is 11.6 Å². The molecule has 2 heterocycles. The molecule has 2 bridgehead atoms.